The highest BCUT2D eigenvalue weighted by atomic mass is 35.5. The summed E-state index contributed by atoms with van der Waals surface area (Å²) in [6, 6.07) is 5.66. The Bertz CT molecular complexity index is 970. The van der Waals surface area contributed by atoms with Crippen molar-refractivity contribution in [3.8, 4) is 0 Å². The van der Waals surface area contributed by atoms with Gasteiger partial charge in [-0.2, -0.15) is 5.10 Å². The SMILES string of the molecule is CCCP(C)C=NCCN(C)CCN1N=C2c3cccc(Cl)c3C(=O)C3C=CC=C1C23. The zero-order chi connectivity index (χ0) is 22.0. The zero-order valence-corrected chi connectivity index (χ0v) is 20.1. The molecule has 1 aromatic carbocycles. The number of rotatable bonds is 9. The lowest BCUT2D eigenvalue weighted by molar-refractivity contribution is 0.0924. The molecule has 1 aliphatic heterocycles. The molecule has 164 valence electrons. The van der Waals surface area contributed by atoms with E-state index in [4.69, 9.17) is 16.7 Å². The summed E-state index contributed by atoms with van der Waals surface area (Å²) in [5, 5.41) is 7.55. The number of fused-ring (bicyclic) bond motifs is 2. The van der Waals surface area contributed by atoms with E-state index < -0.39 is 0 Å². The van der Waals surface area contributed by atoms with Crippen LogP contribution in [-0.4, -0.2) is 73.4 Å². The molecule has 0 aromatic heterocycles. The highest BCUT2D eigenvalue weighted by molar-refractivity contribution is 7.72. The number of allylic oxidation sites excluding steroid dienone is 4. The van der Waals surface area contributed by atoms with E-state index in [9.17, 15) is 4.79 Å². The average Bonchev–Trinajstić information content (AvgIpc) is 3.13. The normalized spacial score (nSPS) is 22.6. The van der Waals surface area contributed by atoms with Gasteiger partial charge in [0.1, 0.15) is 0 Å². The number of hydrazone groups is 1. The molecule has 3 unspecified atom stereocenters. The number of hydrogen-bond acceptors (Lipinski definition) is 5. The third-order valence-electron chi connectivity index (χ3n) is 6.08. The molecule has 0 radical (unpaired) electrons. The first-order valence-corrected chi connectivity index (χ1v) is 13.4. The topological polar surface area (TPSA) is 48.3 Å². The summed E-state index contributed by atoms with van der Waals surface area (Å²) in [4.78, 5) is 20.0. The summed E-state index contributed by atoms with van der Waals surface area (Å²) in [7, 11) is 2.07. The van der Waals surface area contributed by atoms with Gasteiger partial charge in [-0.25, -0.2) is 0 Å². The molecule has 2 aliphatic carbocycles. The standard InChI is InChI=1S/C24H30ClN4OP/c1-4-15-31(3)16-26-11-12-28(2)13-14-29-20-10-6-8-18-22(20)23(27-29)17-7-5-9-19(25)21(17)24(18)30/h5-10,16,18,22H,4,11-15H2,1-3H3. The lowest BCUT2D eigenvalue weighted by Crippen LogP contribution is -2.37. The Kier molecular flexibility index (Phi) is 7.05. The Morgan fingerprint density at radius 2 is 2.19 bits per heavy atom. The fourth-order valence-corrected chi connectivity index (χ4v) is 5.97. The van der Waals surface area contributed by atoms with E-state index in [0.29, 0.717) is 10.6 Å². The molecule has 0 spiro atoms. The average molecular weight is 457 g/mol. The summed E-state index contributed by atoms with van der Waals surface area (Å²) in [6.07, 6.45) is 8.56. The number of carbonyl (C=O) groups excluding carboxylic acids is 1. The minimum Gasteiger partial charge on any atom is -0.303 e. The van der Waals surface area contributed by atoms with Gasteiger partial charge in [0.2, 0.25) is 0 Å². The highest BCUT2D eigenvalue weighted by Crippen LogP contribution is 2.44. The lowest BCUT2D eigenvalue weighted by atomic mass is 9.71. The van der Waals surface area contributed by atoms with Gasteiger partial charge in [0.25, 0.3) is 0 Å². The van der Waals surface area contributed by atoms with Crippen molar-refractivity contribution in [1.82, 2.24) is 9.91 Å². The maximum absolute atomic E-state index is 13.1. The van der Waals surface area contributed by atoms with Crippen molar-refractivity contribution in [3.05, 3.63) is 58.3 Å². The predicted octanol–water partition coefficient (Wildman–Crippen LogP) is 4.72. The largest absolute Gasteiger partial charge is 0.303 e. The molecule has 0 fully saturated rings. The van der Waals surface area contributed by atoms with Crippen LogP contribution in [0.2, 0.25) is 5.02 Å². The highest BCUT2D eigenvalue weighted by Gasteiger charge is 2.47. The molecule has 1 aromatic rings. The van der Waals surface area contributed by atoms with Crippen LogP contribution in [0, 0.1) is 11.8 Å². The van der Waals surface area contributed by atoms with E-state index in [-0.39, 0.29) is 25.5 Å². The molecule has 1 heterocycles. The molecule has 4 rings (SSSR count). The number of ketones is 1. The molecular formula is C24H30ClN4OP. The number of Topliss-reactive ketones (excluding diaryl/α,β-unsaturated/α-hetero) is 1. The van der Waals surface area contributed by atoms with Gasteiger partial charge in [0.05, 0.1) is 35.7 Å². The Hall–Kier alpha value is -1.81. The van der Waals surface area contributed by atoms with Crippen LogP contribution in [0.25, 0.3) is 0 Å². The minimum atomic E-state index is -0.213. The van der Waals surface area contributed by atoms with Gasteiger partial charge in [-0.15, -0.1) is 0 Å². The van der Waals surface area contributed by atoms with Crippen LogP contribution in [0.4, 0.5) is 0 Å². The van der Waals surface area contributed by atoms with Crippen LogP contribution >= 0.6 is 19.5 Å². The van der Waals surface area contributed by atoms with Gasteiger partial charge >= 0.3 is 0 Å². The van der Waals surface area contributed by atoms with Crippen LogP contribution in [0.5, 0.6) is 0 Å². The van der Waals surface area contributed by atoms with E-state index in [2.05, 4.69) is 47.6 Å². The molecule has 0 bridgehead atoms. The Balaban J connectivity index is 1.43. The molecule has 0 saturated heterocycles. The van der Waals surface area contributed by atoms with Gasteiger partial charge in [0, 0.05) is 35.9 Å². The summed E-state index contributed by atoms with van der Waals surface area (Å²) in [5.41, 5.74) is 3.58. The van der Waals surface area contributed by atoms with Gasteiger partial charge in [-0.1, -0.05) is 57.2 Å². The van der Waals surface area contributed by atoms with Crippen LogP contribution in [0.1, 0.15) is 29.3 Å². The van der Waals surface area contributed by atoms with E-state index in [1.807, 2.05) is 24.3 Å². The van der Waals surface area contributed by atoms with Gasteiger partial charge in [-0.05, 0) is 32.0 Å². The van der Waals surface area contributed by atoms with E-state index in [1.165, 1.54) is 12.6 Å². The van der Waals surface area contributed by atoms with Gasteiger partial charge < -0.3 is 4.90 Å². The lowest BCUT2D eigenvalue weighted by Gasteiger charge is -2.31. The first-order chi connectivity index (χ1) is 15.0. The maximum Gasteiger partial charge on any atom is 0.172 e. The fourth-order valence-electron chi connectivity index (χ4n) is 4.49. The second-order valence-corrected chi connectivity index (χ2v) is 11.0. The van der Waals surface area contributed by atoms with Crippen molar-refractivity contribution >= 4 is 37.0 Å². The van der Waals surface area contributed by atoms with E-state index in [1.54, 1.807) is 6.07 Å². The third-order valence-corrected chi connectivity index (χ3v) is 8.11. The Morgan fingerprint density at radius 1 is 1.35 bits per heavy atom. The number of carbonyl (C=O) groups is 1. The first kappa shape index (κ1) is 22.4. The molecular weight excluding hydrogens is 427 g/mol. The third kappa shape index (κ3) is 4.55. The molecule has 3 aliphatic rings. The minimum absolute atomic E-state index is 0.000685. The molecule has 7 heteroatoms. The fraction of sp³-hybridized carbons (Fsp3) is 0.458. The van der Waals surface area contributed by atoms with Crippen molar-refractivity contribution in [2.45, 2.75) is 13.3 Å². The summed E-state index contributed by atoms with van der Waals surface area (Å²) in [6.45, 7) is 7.94. The monoisotopic (exact) mass is 456 g/mol. The molecule has 3 atom stereocenters. The number of benzene rings is 1. The maximum atomic E-state index is 13.1. The quantitative estimate of drug-likeness (QED) is 0.399. The predicted molar refractivity (Wildman–Crippen MR) is 132 cm³/mol. The van der Waals surface area contributed by atoms with Crippen LogP contribution in [-0.2, 0) is 0 Å². The zero-order valence-electron chi connectivity index (χ0n) is 18.5. The molecule has 0 N–H and O–H groups in total. The van der Waals surface area contributed by atoms with Crippen molar-refractivity contribution in [2.24, 2.45) is 21.9 Å². The smallest absolute Gasteiger partial charge is 0.172 e. The van der Waals surface area contributed by atoms with Crippen LogP contribution in [0.15, 0.2) is 52.2 Å². The second kappa shape index (κ2) is 9.77. The molecule has 5 nitrogen and oxygen atoms in total. The summed E-state index contributed by atoms with van der Waals surface area (Å²) in [5.74, 6) is 2.04. The van der Waals surface area contributed by atoms with Gasteiger partial charge in [-0.3, -0.25) is 14.8 Å². The van der Waals surface area contributed by atoms with Crippen molar-refractivity contribution in [1.29, 1.82) is 0 Å². The van der Waals surface area contributed by atoms with Crippen molar-refractivity contribution < 1.29 is 4.79 Å². The number of hydrogen-bond donors (Lipinski definition) is 0. The van der Waals surface area contributed by atoms with Crippen LogP contribution in [0.3, 0.4) is 0 Å². The molecule has 0 saturated carbocycles. The number of likely N-dealkylation sites (N-methyl/N-ethyl adjacent to an activating group) is 1. The summed E-state index contributed by atoms with van der Waals surface area (Å²) < 4.78 is 0. The van der Waals surface area contributed by atoms with Crippen molar-refractivity contribution in [2.75, 3.05) is 46.1 Å². The summed E-state index contributed by atoms with van der Waals surface area (Å²) >= 11 is 6.40. The number of nitrogens with zero attached hydrogens (tertiary/aromatic N) is 4. The number of aliphatic imine (C=N–C) groups is 1. The Morgan fingerprint density at radius 3 is 3.00 bits per heavy atom. The van der Waals surface area contributed by atoms with Crippen molar-refractivity contribution in [3.63, 3.8) is 0 Å². The second-order valence-electron chi connectivity index (χ2n) is 8.42. The van der Waals surface area contributed by atoms with Crippen LogP contribution < -0.4 is 0 Å². The molecule has 31 heavy (non-hydrogen) atoms. The van der Waals surface area contributed by atoms with E-state index in [0.717, 1.165) is 43.2 Å². The molecule has 0 amide bonds. The Labute approximate surface area is 191 Å². The first-order valence-electron chi connectivity index (χ1n) is 11.0. The van der Waals surface area contributed by atoms with E-state index >= 15 is 0 Å². The van der Waals surface area contributed by atoms with Gasteiger partial charge in [0.15, 0.2) is 5.78 Å². The number of halogens is 1.